The maximum Gasteiger partial charge on any atom is 0.305 e. The average molecular weight is 354 g/mol. The summed E-state index contributed by atoms with van der Waals surface area (Å²) in [7, 11) is 3.03. The first-order chi connectivity index (χ1) is 11.5. The van der Waals surface area contributed by atoms with Crippen LogP contribution in [-0.4, -0.2) is 49.9 Å². The van der Waals surface area contributed by atoms with Crippen molar-refractivity contribution in [2.75, 3.05) is 27.2 Å². The van der Waals surface area contributed by atoms with Gasteiger partial charge in [-0.1, -0.05) is 25.3 Å². The predicted molar refractivity (Wildman–Crippen MR) is 94.0 cm³/mol. The molecule has 0 unspecified atom stereocenters. The van der Waals surface area contributed by atoms with Crippen LogP contribution in [0.2, 0.25) is 0 Å². The number of amides is 2. The molecular formula is C17H26N2O4S. The van der Waals surface area contributed by atoms with E-state index in [1.54, 1.807) is 13.1 Å². The Hall–Kier alpha value is -1.89. The van der Waals surface area contributed by atoms with E-state index in [2.05, 4.69) is 10.1 Å². The van der Waals surface area contributed by atoms with Crippen molar-refractivity contribution in [1.82, 2.24) is 10.2 Å². The summed E-state index contributed by atoms with van der Waals surface area (Å²) in [5, 5.41) is 4.67. The number of rotatable bonds is 11. The van der Waals surface area contributed by atoms with Crippen LogP contribution in [0.15, 0.2) is 17.5 Å². The third-order valence-electron chi connectivity index (χ3n) is 3.57. The Morgan fingerprint density at radius 3 is 2.54 bits per heavy atom. The van der Waals surface area contributed by atoms with Crippen molar-refractivity contribution in [3.8, 4) is 0 Å². The minimum atomic E-state index is -0.163. The standard InChI is InChI=1S/C17H26N2O4S/c1-19(17(22)14-9-8-12-24-14)13-15(20)18-11-7-5-3-4-6-10-16(21)23-2/h8-9,12H,3-7,10-11,13H2,1-2H3,(H,18,20). The second kappa shape index (κ2) is 11.6. The molecule has 0 saturated heterocycles. The lowest BCUT2D eigenvalue weighted by atomic mass is 10.1. The van der Waals surface area contributed by atoms with Gasteiger partial charge in [-0.05, 0) is 24.3 Å². The Bertz CT molecular complexity index is 517. The van der Waals surface area contributed by atoms with E-state index in [9.17, 15) is 14.4 Å². The topological polar surface area (TPSA) is 75.7 Å². The fourth-order valence-corrected chi connectivity index (χ4v) is 2.90. The van der Waals surface area contributed by atoms with Crippen molar-refractivity contribution in [2.45, 2.75) is 38.5 Å². The summed E-state index contributed by atoms with van der Waals surface area (Å²) >= 11 is 1.37. The molecule has 0 bridgehead atoms. The van der Waals surface area contributed by atoms with E-state index in [0.29, 0.717) is 17.8 Å². The Morgan fingerprint density at radius 1 is 1.17 bits per heavy atom. The second-order valence-electron chi connectivity index (χ2n) is 5.58. The summed E-state index contributed by atoms with van der Waals surface area (Å²) < 4.78 is 4.58. The van der Waals surface area contributed by atoms with Gasteiger partial charge in [-0.25, -0.2) is 0 Å². The molecule has 0 aromatic carbocycles. The lowest BCUT2D eigenvalue weighted by Gasteiger charge is -2.15. The van der Waals surface area contributed by atoms with Crippen LogP contribution < -0.4 is 5.32 Å². The van der Waals surface area contributed by atoms with Gasteiger partial charge >= 0.3 is 5.97 Å². The van der Waals surface area contributed by atoms with Crippen LogP contribution >= 0.6 is 11.3 Å². The van der Waals surface area contributed by atoms with Crippen LogP contribution in [0.25, 0.3) is 0 Å². The molecule has 0 aliphatic heterocycles. The number of nitrogens with zero attached hydrogens (tertiary/aromatic N) is 1. The lowest BCUT2D eigenvalue weighted by Crippen LogP contribution is -2.38. The quantitative estimate of drug-likeness (QED) is 0.489. The van der Waals surface area contributed by atoms with E-state index in [0.717, 1.165) is 32.1 Å². The number of esters is 1. The van der Waals surface area contributed by atoms with Crippen LogP contribution in [0.1, 0.15) is 48.2 Å². The number of hydrogen-bond donors (Lipinski definition) is 1. The molecule has 24 heavy (non-hydrogen) atoms. The van der Waals surface area contributed by atoms with Gasteiger partial charge < -0.3 is 15.0 Å². The number of methoxy groups -OCH3 is 1. The molecule has 0 fully saturated rings. The van der Waals surface area contributed by atoms with Crippen molar-refractivity contribution in [2.24, 2.45) is 0 Å². The van der Waals surface area contributed by atoms with Crippen LogP contribution in [0.4, 0.5) is 0 Å². The fourth-order valence-electron chi connectivity index (χ4n) is 2.19. The van der Waals surface area contributed by atoms with Gasteiger partial charge in [0, 0.05) is 20.0 Å². The van der Waals surface area contributed by atoms with Gasteiger partial charge in [0.15, 0.2) is 0 Å². The summed E-state index contributed by atoms with van der Waals surface area (Å²) in [6.07, 6.45) is 5.23. The van der Waals surface area contributed by atoms with Gasteiger partial charge in [-0.15, -0.1) is 11.3 Å². The van der Waals surface area contributed by atoms with Gasteiger partial charge in [-0.2, -0.15) is 0 Å². The van der Waals surface area contributed by atoms with Crippen LogP contribution in [0.5, 0.6) is 0 Å². The van der Waals surface area contributed by atoms with Crippen LogP contribution in [0, 0.1) is 0 Å². The molecule has 0 aliphatic rings. The highest BCUT2D eigenvalue weighted by Gasteiger charge is 2.15. The zero-order valence-electron chi connectivity index (χ0n) is 14.4. The highest BCUT2D eigenvalue weighted by atomic mass is 32.1. The van der Waals surface area contributed by atoms with Gasteiger partial charge in [0.1, 0.15) is 0 Å². The van der Waals surface area contributed by atoms with E-state index in [1.807, 2.05) is 11.4 Å². The van der Waals surface area contributed by atoms with Gasteiger partial charge in [0.05, 0.1) is 18.5 Å². The largest absolute Gasteiger partial charge is 0.469 e. The molecule has 0 spiro atoms. The van der Waals surface area contributed by atoms with E-state index in [4.69, 9.17) is 0 Å². The Labute approximate surface area is 147 Å². The van der Waals surface area contributed by atoms with Crippen molar-refractivity contribution < 1.29 is 19.1 Å². The maximum atomic E-state index is 12.0. The summed E-state index contributed by atoms with van der Waals surface area (Å²) in [5.41, 5.74) is 0. The van der Waals surface area contributed by atoms with Crippen molar-refractivity contribution >= 4 is 29.1 Å². The summed E-state index contributed by atoms with van der Waals surface area (Å²) in [6, 6.07) is 3.57. The van der Waals surface area contributed by atoms with Crippen molar-refractivity contribution in [3.05, 3.63) is 22.4 Å². The molecule has 0 saturated carbocycles. The molecule has 7 heteroatoms. The SMILES string of the molecule is COC(=O)CCCCCCCNC(=O)CN(C)C(=O)c1cccs1. The van der Waals surface area contributed by atoms with Gasteiger partial charge in [0.2, 0.25) is 5.91 Å². The Kier molecular flexibility index (Phi) is 9.76. The number of nitrogens with one attached hydrogen (secondary N) is 1. The third kappa shape index (κ3) is 8.10. The van der Waals surface area contributed by atoms with Gasteiger partial charge in [-0.3, -0.25) is 14.4 Å². The summed E-state index contributed by atoms with van der Waals surface area (Å²) in [4.78, 5) is 36.8. The number of carbonyl (C=O) groups is 3. The molecule has 1 aromatic rings. The number of carbonyl (C=O) groups excluding carboxylic acids is 3. The average Bonchev–Trinajstić information content (AvgIpc) is 3.10. The summed E-state index contributed by atoms with van der Waals surface area (Å²) in [5.74, 6) is -0.442. The number of unbranched alkanes of at least 4 members (excludes halogenated alkanes) is 4. The molecule has 0 atom stereocenters. The summed E-state index contributed by atoms with van der Waals surface area (Å²) in [6.45, 7) is 0.673. The molecule has 0 aliphatic carbocycles. The first-order valence-electron chi connectivity index (χ1n) is 8.17. The number of ether oxygens (including phenoxy) is 1. The highest BCUT2D eigenvalue weighted by Crippen LogP contribution is 2.10. The first kappa shape index (κ1) is 20.2. The molecule has 1 aromatic heterocycles. The maximum absolute atomic E-state index is 12.0. The molecule has 0 radical (unpaired) electrons. The molecule has 2 amide bonds. The second-order valence-corrected chi connectivity index (χ2v) is 6.53. The monoisotopic (exact) mass is 354 g/mol. The highest BCUT2D eigenvalue weighted by molar-refractivity contribution is 7.12. The van der Waals surface area contributed by atoms with Crippen LogP contribution in [0.3, 0.4) is 0 Å². The smallest absolute Gasteiger partial charge is 0.305 e. The number of hydrogen-bond acceptors (Lipinski definition) is 5. The molecule has 134 valence electrons. The van der Waals surface area contributed by atoms with E-state index < -0.39 is 0 Å². The first-order valence-corrected chi connectivity index (χ1v) is 9.05. The minimum Gasteiger partial charge on any atom is -0.469 e. The zero-order chi connectivity index (χ0) is 17.8. The normalized spacial score (nSPS) is 10.2. The van der Waals surface area contributed by atoms with Gasteiger partial charge in [0.25, 0.3) is 5.91 Å². The van der Waals surface area contributed by atoms with E-state index in [-0.39, 0.29) is 24.3 Å². The van der Waals surface area contributed by atoms with E-state index >= 15 is 0 Å². The predicted octanol–water partition coefficient (Wildman–Crippen LogP) is 2.45. The van der Waals surface area contributed by atoms with Crippen molar-refractivity contribution in [3.63, 3.8) is 0 Å². The Balaban J connectivity index is 2.04. The molecule has 1 N–H and O–H groups in total. The number of thiophene rings is 1. The zero-order valence-corrected chi connectivity index (χ0v) is 15.2. The lowest BCUT2D eigenvalue weighted by molar-refractivity contribution is -0.140. The minimum absolute atomic E-state index is 0.0653. The molecule has 1 rings (SSSR count). The van der Waals surface area contributed by atoms with Crippen LogP contribution in [-0.2, 0) is 14.3 Å². The van der Waals surface area contributed by atoms with Crippen molar-refractivity contribution in [1.29, 1.82) is 0 Å². The van der Waals surface area contributed by atoms with E-state index in [1.165, 1.54) is 23.3 Å². The fraction of sp³-hybridized carbons (Fsp3) is 0.588. The number of likely N-dealkylation sites (N-methyl/N-ethyl adjacent to an activating group) is 1. The third-order valence-corrected chi connectivity index (χ3v) is 4.42. The molecule has 1 heterocycles. The molecule has 6 nitrogen and oxygen atoms in total. The molecular weight excluding hydrogens is 328 g/mol. The Morgan fingerprint density at radius 2 is 1.88 bits per heavy atom.